The summed E-state index contributed by atoms with van der Waals surface area (Å²) in [5.74, 6) is 0.0747. The van der Waals surface area contributed by atoms with Crippen LogP contribution in [0.25, 0.3) is 0 Å². The molecule has 6 heteroatoms. The lowest BCUT2D eigenvalue weighted by atomic mass is 9.85. The van der Waals surface area contributed by atoms with Gasteiger partial charge in [0.15, 0.2) is 0 Å². The molecule has 1 atom stereocenters. The minimum Gasteiger partial charge on any atom is -0.472 e. The van der Waals surface area contributed by atoms with Crippen LogP contribution >= 0.6 is 11.3 Å². The Bertz CT molecular complexity index is 922. The normalized spacial score (nSPS) is 22.2. The highest BCUT2D eigenvalue weighted by molar-refractivity contribution is 7.08. The number of hydrogen-bond donors (Lipinski definition) is 0. The number of carbonyl (C=O) groups excluding carboxylic acids is 1. The number of furan rings is 1. The molecule has 1 amide bonds. The molecule has 1 saturated heterocycles. The first-order chi connectivity index (χ1) is 12.8. The minimum absolute atomic E-state index is 0.0747. The number of anilines is 1. The average Bonchev–Trinajstić information content (AvgIpc) is 3.44. The van der Waals surface area contributed by atoms with Crippen LogP contribution in [0.5, 0.6) is 0 Å². The topological polar surface area (TPSA) is 49.6 Å². The Balaban J connectivity index is 1.44. The summed E-state index contributed by atoms with van der Waals surface area (Å²) in [6.45, 7) is 3.49. The third kappa shape index (κ3) is 2.48. The number of fused-ring (bicyclic) bond motifs is 2. The number of pyridine rings is 1. The molecule has 0 aromatic carbocycles. The van der Waals surface area contributed by atoms with Crippen molar-refractivity contribution in [2.45, 2.75) is 18.4 Å². The van der Waals surface area contributed by atoms with Crippen molar-refractivity contribution < 1.29 is 9.21 Å². The van der Waals surface area contributed by atoms with Crippen LogP contribution in [0, 0.1) is 0 Å². The summed E-state index contributed by atoms with van der Waals surface area (Å²) in [4.78, 5) is 22.1. The van der Waals surface area contributed by atoms with Crippen LogP contribution in [-0.4, -0.2) is 35.4 Å². The summed E-state index contributed by atoms with van der Waals surface area (Å²) < 4.78 is 5.20. The average molecular weight is 365 g/mol. The first-order valence-corrected chi connectivity index (χ1v) is 9.72. The van der Waals surface area contributed by atoms with Gasteiger partial charge in [-0.25, -0.2) is 0 Å². The van der Waals surface area contributed by atoms with Crippen molar-refractivity contribution in [2.24, 2.45) is 0 Å². The Kier molecular flexibility index (Phi) is 3.69. The second-order valence-corrected chi connectivity index (χ2v) is 7.93. The number of thiophene rings is 1. The van der Waals surface area contributed by atoms with Gasteiger partial charge in [0.25, 0.3) is 5.91 Å². The standard InChI is InChI=1S/C20H19N3O2S/c24-19(16-4-9-26-12-16)23-14-20(18-17(23)2-1-6-21-18)5-7-22(13-20)10-15-3-8-25-11-15/h1-4,6,8-9,11-12H,5,7,10,13-14H2/t20-/m0/s1. The zero-order valence-electron chi connectivity index (χ0n) is 14.3. The summed E-state index contributed by atoms with van der Waals surface area (Å²) in [6, 6.07) is 7.86. The van der Waals surface area contributed by atoms with E-state index in [0.29, 0.717) is 6.54 Å². The summed E-state index contributed by atoms with van der Waals surface area (Å²) in [5.41, 5.74) is 3.90. The van der Waals surface area contributed by atoms with Crippen LogP contribution in [0.2, 0.25) is 0 Å². The molecule has 1 spiro atoms. The van der Waals surface area contributed by atoms with E-state index in [1.165, 1.54) is 5.56 Å². The third-order valence-corrected chi connectivity index (χ3v) is 6.16. The fourth-order valence-electron chi connectivity index (χ4n) is 4.27. The number of aromatic nitrogens is 1. The molecule has 5 heterocycles. The van der Waals surface area contributed by atoms with E-state index in [9.17, 15) is 4.79 Å². The van der Waals surface area contributed by atoms with Gasteiger partial charge in [0.1, 0.15) is 0 Å². The number of carbonyl (C=O) groups is 1. The van der Waals surface area contributed by atoms with Crippen LogP contribution < -0.4 is 4.90 Å². The van der Waals surface area contributed by atoms with Crippen molar-refractivity contribution in [3.63, 3.8) is 0 Å². The van der Waals surface area contributed by atoms with Gasteiger partial charge in [0.05, 0.1) is 29.5 Å². The zero-order chi connectivity index (χ0) is 17.6. The van der Waals surface area contributed by atoms with Crippen LogP contribution in [0.1, 0.15) is 28.0 Å². The molecule has 5 nitrogen and oxygen atoms in total. The Morgan fingerprint density at radius 2 is 2.27 bits per heavy atom. The van der Waals surface area contributed by atoms with Gasteiger partial charge in [0.2, 0.25) is 0 Å². The number of rotatable bonds is 3. The lowest BCUT2D eigenvalue weighted by Crippen LogP contribution is -2.39. The highest BCUT2D eigenvalue weighted by atomic mass is 32.1. The smallest absolute Gasteiger partial charge is 0.259 e. The van der Waals surface area contributed by atoms with E-state index in [-0.39, 0.29) is 11.3 Å². The van der Waals surface area contributed by atoms with E-state index < -0.39 is 0 Å². The Morgan fingerprint density at radius 3 is 3.08 bits per heavy atom. The van der Waals surface area contributed by atoms with Gasteiger partial charge < -0.3 is 9.32 Å². The van der Waals surface area contributed by atoms with Gasteiger partial charge in [-0.1, -0.05) is 0 Å². The summed E-state index contributed by atoms with van der Waals surface area (Å²) in [7, 11) is 0. The van der Waals surface area contributed by atoms with Gasteiger partial charge in [0, 0.05) is 42.2 Å². The second kappa shape index (κ2) is 6.07. The maximum atomic E-state index is 13.0. The molecule has 0 aliphatic carbocycles. The lowest BCUT2D eigenvalue weighted by molar-refractivity contribution is 0.0985. The fraction of sp³-hybridized carbons (Fsp3) is 0.300. The minimum atomic E-state index is -0.0774. The molecule has 0 unspecified atom stereocenters. The van der Waals surface area contributed by atoms with E-state index in [1.54, 1.807) is 23.9 Å². The largest absolute Gasteiger partial charge is 0.472 e. The molecule has 0 saturated carbocycles. The molecule has 3 aromatic heterocycles. The van der Waals surface area contributed by atoms with Crippen molar-refractivity contribution in [1.29, 1.82) is 0 Å². The van der Waals surface area contributed by atoms with E-state index in [4.69, 9.17) is 9.40 Å². The second-order valence-electron chi connectivity index (χ2n) is 7.15. The molecule has 0 radical (unpaired) electrons. The molecule has 5 rings (SSSR count). The van der Waals surface area contributed by atoms with Crippen LogP contribution in [0.15, 0.2) is 58.2 Å². The van der Waals surface area contributed by atoms with Crippen molar-refractivity contribution in [3.05, 3.63) is 70.6 Å². The number of likely N-dealkylation sites (tertiary alicyclic amines) is 1. The number of hydrogen-bond acceptors (Lipinski definition) is 5. The summed E-state index contributed by atoms with van der Waals surface area (Å²) in [5, 5.41) is 3.87. The number of amides is 1. The van der Waals surface area contributed by atoms with Crippen LogP contribution in [0.4, 0.5) is 5.69 Å². The molecular weight excluding hydrogens is 346 g/mol. The predicted molar refractivity (Wildman–Crippen MR) is 101 cm³/mol. The molecule has 132 valence electrons. The van der Waals surface area contributed by atoms with Gasteiger partial charge in [-0.15, -0.1) is 0 Å². The summed E-state index contributed by atoms with van der Waals surface area (Å²) >= 11 is 1.55. The SMILES string of the molecule is O=C(c1ccsc1)N1C[C@@]2(CCN(Cc3ccoc3)C2)c2ncccc21. The highest BCUT2D eigenvalue weighted by Crippen LogP contribution is 2.45. The molecule has 26 heavy (non-hydrogen) atoms. The quantitative estimate of drug-likeness (QED) is 0.712. The van der Waals surface area contributed by atoms with Crippen LogP contribution in [-0.2, 0) is 12.0 Å². The molecular formula is C20H19N3O2S. The van der Waals surface area contributed by atoms with Gasteiger partial charge in [-0.2, -0.15) is 11.3 Å². The van der Waals surface area contributed by atoms with Crippen molar-refractivity contribution in [2.75, 3.05) is 24.5 Å². The van der Waals surface area contributed by atoms with Crippen molar-refractivity contribution in [1.82, 2.24) is 9.88 Å². The molecule has 0 N–H and O–H groups in total. The number of nitrogens with zero attached hydrogens (tertiary/aromatic N) is 3. The maximum absolute atomic E-state index is 13.0. The first kappa shape index (κ1) is 15.8. The Hall–Kier alpha value is -2.44. The molecule has 3 aromatic rings. The lowest BCUT2D eigenvalue weighted by Gasteiger charge is -2.25. The first-order valence-electron chi connectivity index (χ1n) is 8.78. The third-order valence-electron chi connectivity index (χ3n) is 5.47. The van der Waals surface area contributed by atoms with E-state index >= 15 is 0 Å². The predicted octanol–water partition coefficient (Wildman–Crippen LogP) is 3.54. The zero-order valence-corrected chi connectivity index (χ0v) is 15.1. The van der Waals surface area contributed by atoms with Crippen molar-refractivity contribution >= 4 is 22.9 Å². The molecule has 2 aliphatic rings. The van der Waals surface area contributed by atoms with Gasteiger partial charge >= 0.3 is 0 Å². The Morgan fingerprint density at radius 1 is 1.31 bits per heavy atom. The molecule has 2 aliphatic heterocycles. The fourth-order valence-corrected chi connectivity index (χ4v) is 4.90. The van der Waals surface area contributed by atoms with E-state index in [2.05, 4.69) is 4.90 Å². The van der Waals surface area contributed by atoms with Crippen molar-refractivity contribution in [3.8, 4) is 0 Å². The van der Waals surface area contributed by atoms with Gasteiger partial charge in [-0.3, -0.25) is 14.7 Å². The highest BCUT2D eigenvalue weighted by Gasteiger charge is 2.49. The summed E-state index contributed by atoms with van der Waals surface area (Å²) in [6.07, 6.45) is 6.38. The Labute approximate surface area is 155 Å². The molecule has 0 bridgehead atoms. The van der Waals surface area contributed by atoms with E-state index in [1.807, 2.05) is 46.1 Å². The maximum Gasteiger partial charge on any atom is 0.259 e. The van der Waals surface area contributed by atoms with Crippen LogP contribution in [0.3, 0.4) is 0 Å². The van der Waals surface area contributed by atoms with E-state index in [0.717, 1.165) is 43.0 Å². The monoisotopic (exact) mass is 365 g/mol. The van der Waals surface area contributed by atoms with Gasteiger partial charge in [-0.05, 0) is 42.6 Å². The molecule has 1 fully saturated rings.